The van der Waals surface area contributed by atoms with Crippen molar-refractivity contribution in [2.75, 3.05) is 18.0 Å². The topological polar surface area (TPSA) is 104 Å². The molecule has 8 heteroatoms. The molecule has 0 radical (unpaired) electrons. The number of aliphatic hydroxyl groups is 1. The van der Waals surface area contributed by atoms with Gasteiger partial charge in [-0.2, -0.15) is 5.10 Å². The molecule has 3 aromatic rings. The highest BCUT2D eigenvalue weighted by atomic mass is 35.5. The van der Waals surface area contributed by atoms with Crippen LogP contribution in [-0.2, 0) is 0 Å². The molecule has 1 aliphatic rings. The molecule has 0 amide bonds. The summed E-state index contributed by atoms with van der Waals surface area (Å²) in [7, 11) is 0. The molecule has 1 fully saturated rings. The summed E-state index contributed by atoms with van der Waals surface area (Å²) in [6.07, 6.45) is 1.85. The first-order chi connectivity index (χ1) is 11.6. The van der Waals surface area contributed by atoms with E-state index < -0.39 is 6.10 Å². The third kappa shape index (κ3) is 2.60. The molecule has 24 heavy (non-hydrogen) atoms. The molecule has 0 saturated carbocycles. The Morgan fingerprint density at radius 1 is 1.33 bits per heavy atom. The number of piperidine rings is 1. The molecule has 0 aliphatic carbocycles. The van der Waals surface area contributed by atoms with E-state index in [1.807, 2.05) is 29.2 Å². The largest absolute Gasteiger partial charge is 0.390 e. The van der Waals surface area contributed by atoms with Crippen LogP contribution in [0.1, 0.15) is 6.42 Å². The van der Waals surface area contributed by atoms with Gasteiger partial charge in [-0.1, -0.05) is 29.8 Å². The number of nitrogens with one attached hydrogen (secondary N) is 1. The van der Waals surface area contributed by atoms with Crippen LogP contribution < -0.4 is 10.6 Å². The second-order valence-electron chi connectivity index (χ2n) is 5.94. The zero-order valence-electron chi connectivity index (χ0n) is 12.9. The normalized spacial score (nSPS) is 21.4. The number of aromatic amines is 1. The van der Waals surface area contributed by atoms with Gasteiger partial charge in [0.15, 0.2) is 5.65 Å². The van der Waals surface area contributed by atoms with Gasteiger partial charge in [-0.3, -0.25) is 5.10 Å². The smallest absolute Gasteiger partial charge is 0.177 e. The van der Waals surface area contributed by atoms with E-state index >= 15 is 0 Å². The van der Waals surface area contributed by atoms with Crippen molar-refractivity contribution in [2.45, 2.75) is 18.6 Å². The minimum atomic E-state index is -0.559. The number of rotatable bonds is 2. The number of aromatic nitrogens is 4. The molecule has 3 heterocycles. The van der Waals surface area contributed by atoms with Crippen molar-refractivity contribution in [1.29, 1.82) is 0 Å². The van der Waals surface area contributed by atoms with Gasteiger partial charge in [-0.05, 0) is 12.5 Å². The molecule has 1 saturated heterocycles. The number of nitrogens with zero attached hydrogens (tertiary/aromatic N) is 4. The first kappa shape index (κ1) is 15.3. The number of nitrogens with two attached hydrogens (primary N) is 1. The van der Waals surface area contributed by atoms with Crippen LogP contribution in [-0.4, -0.2) is 50.5 Å². The maximum atomic E-state index is 9.96. The maximum absolute atomic E-state index is 9.96. The average Bonchev–Trinajstić information content (AvgIpc) is 3.01. The highest BCUT2D eigenvalue weighted by molar-refractivity contribution is 6.33. The van der Waals surface area contributed by atoms with Gasteiger partial charge in [-0.15, -0.1) is 0 Å². The molecule has 4 rings (SSSR count). The zero-order valence-corrected chi connectivity index (χ0v) is 13.6. The second kappa shape index (κ2) is 6.01. The van der Waals surface area contributed by atoms with Gasteiger partial charge < -0.3 is 15.7 Å². The molecule has 1 aliphatic heterocycles. The lowest BCUT2D eigenvalue weighted by Crippen LogP contribution is -2.50. The van der Waals surface area contributed by atoms with E-state index in [-0.39, 0.29) is 6.04 Å². The van der Waals surface area contributed by atoms with Gasteiger partial charge in [0.1, 0.15) is 17.0 Å². The van der Waals surface area contributed by atoms with Crippen molar-refractivity contribution in [1.82, 2.24) is 20.2 Å². The van der Waals surface area contributed by atoms with E-state index in [2.05, 4.69) is 20.2 Å². The van der Waals surface area contributed by atoms with Crippen LogP contribution >= 0.6 is 11.6 Å². The van der Waals surface area contributed by atoms with Crippen molar-refractivity contribution in [3.05, 3.63) is 35.5 Å². The summed E-state index contributed by atoms with van der Waals surface area (Å²) >= 11 is 6.25. The Labute approximate surface area is 143 Å². The fourth-order valence-electron chi connectivity index (χ4n) is 2.94. The van der Waals surface area contributed by atoms with Crippen LogP contribution in [0.25, 0.3) is 22.4 Å². The van der Waals surface area contributed by atoms with E-state index in [9.17, 15) is 5.11 Å². The number of anilines is 1. The predicted octanol–water partition coefficient (Wildman–Crippen LogP) is 1.57. The molecule has 4 N–H and O–H groups in total. The molecule has 1 aromatic carbocycles. The molecule has 2 atom stereocenters. The van der Waals surface area contributed by atoms with Crippen LogP contribution in [0.15, 0.2) is 30.5 Å². The van der Waals surface area contributed by atoms with Gasteiger partial charge in [0.2, 0.25) is 0 Å². The standard InChI is InChI=1S/C16H17ClN6O/c17-10-4-2-1-3-9(10)14-15-16(22-21-14)20-13(7-19-15)23-6-5-11(18)12(24)8-23/h1-4,7,11-12,24H,5-6,8,18H2,(H,20,21,22)/t11-,12-/m0/s1. The van der Waals surface area contributed by atoms with Crippen molar-refractivity contribution in [3.63, 3.8) is 0 Å². The number of hydrogen-bond donors (Lipinski definition) is 3. The molecule has 124 valence electrons. The maximum Gasteiger partial charge on any atom is 0.177 e. The Kier molecular flexibility index (Phi) is 3.84. The lowest BCUT2D eigenvalue weighted by atomic mass is 10.0. The summed E-state index contributed by atoms with van der Waals surface area (Å²) < 4.78 is 0. The molecule has 0 bridgehead atoms. The average molecular weight is 345 g/mol. The number of fused-ring (bicyclic) bond motifs is 1. The summed E-state index contributed by atoms with van der Waals surface area (Å²) in [6, 6.07) is 7.31. The molecular formula is C16H17ClN6O. The van der Waals surface area contributed by atoms with Crippen LogP contribution in [0, 0.1) is 0 Å². The first-order valence-electron chi connectivity index (χ1n) is 7.78. The van der Waals surface area contributed by atoms with Crippen molar-refractivity contribution < 1.29 is 5.11 Å². The molecule has 7 nitrogen and oxygen atoms in total. The van der Waals surface area contributed by atoms with Gasteiger partial charge in [0, 0.05) is 24.7 Å². The number of benzene rings is 1. The van der Waals surface area contributed by atoms with Crippen LogP contribution in [0.4, 0.5) is 5.82 Å². The number of halogens is 1. The Morgan fingerprint density at radius 2 is 2.17 bits per heavy atom. The number of aliphatic hydroxyl groups excluding tert-OH is 1. The Balaban J connectivity index is 1.70. The summed E-state index contributed by atoms with van der Waals surface area (Å²) in [6.45, 7) is 1.19. The van der Waals surface area contributed by atoms with Crippen molar-refractivity contribution >= 4 is 28.6 Å². The first-order valence-corrected chi connectivity index (χ1v) is 8.16. The molecule has 0 unspecified atom stereocenters. The van der Waals surface area contributed by atoms with E-state index in [1.165, 1.54) is 0 Å². The number of H-pyrrole nitrogens is 1. The Bertz CT molecular complexity index is 882. The summed E-state index contributed by atoms with van der Waals surface area (Å²) in [5.41, 5.74) is 8.60. The SMILES string of the molecule is N[C@H]1CCN(c2cnc3c(-c4ccccc4Cl)n[nH]c3n2)C[C@@H]1O. The van der Waals surface area contributed by atoms with Crippen molar-refractivity contribution in [3.8, 4) is 11.3 Å². The Morgan fingerprint density at radius 3 is 2.96 bits per heavy atom. The van der Waals surface area contributed by atoms with Gasteiger partial charge in [0.25, 0.3) is 0 Å². The van der Waals surface area contributed by atoms with Gasteiger partial charge >= 0.3 is 0 Å². The predicted molar refractivity (Wildman–Crippen MR) is 92.9 cm³/mol. The Hall–Kier alpha value is -2.22. The van der Waals surface area contributed by atoms with E-state index in [1.54, 1.807) is 6.20 Å². The summed E-state index contributed by atoms with van der Waals surface area (Å²) in [5, 5.41) is 17.8. The van der Waals surface area contributed by atoms with Crippen LogP contribution in [0.2, 0.25) is 5.02 Å². The van der Waals surface area contributed by atoms with E-state index in [4.69, 9.17) is 17.3 Å². The quantitative estimate of drug-likeness (QED) is 0.652. The van der Waals surface area contributed by atoms with E-state index in [0.717, 1.165) is 12.1 Å². The number of β-amino-alcohol motifs (C(OH)–C–C–N with tert-alkyl or cyclic N) is 1. The highest BCUT2D eigenvalue weighted by Gasteiger charge is 2.26. The fraction of sp³-hybridized carbons (Fsp3) is 0.312. The third-order valence-electron chi connectivity index (χ3n) is 4.34. The van der Waals surface area contributed by atoms with Crippen LogP contribution in [0.5, 0.6) is 0 Å². The minimum absolute atomic E-state index is 0.183. The summed E-state index contributed by atoms with van der Waals surface area (Å²) in [4.78, 5) is 11.1. The molecule has 2 aromatic heterocycles. The van der Waals surface area contributed by atoms with Gasteiger partial charge in [0.05, 0.1) is 17.3 Å². The molecular weight excluding hydrogens is 328 g/mol. The minimum Gasteiger partial charge on any atom is -0.390 e. The lowest BCUT2D eigenvalue weighted by molar-refractivity contribution is 0.131. The molecule has 0 spiro atoms. The summed E-state index contributed by atoms with van der Waals surface area (Å²) in [5.74, 6) is 0.697. The number of hydrogen-bond acceptors (Lipinski definition) is 6. The second-order valence-corrected chi connectivity index (χ2v) is 6.35. The van der Waals surface area contributed by atoms with Gasteiger partial charge in [-0.25, -0.2) is 9.97 Å². The zero-order chi connectivity index (χ0) is 16.7. The van der Waals surface area contributed by atoms with E-state index in [0.29, 0.717) is 40.7 Å². The lowest BCUT2D eigenvalue weighted by Gasteiger charge is -2.34. The van der Waals surface area contributed by atoms with Crippen molar-refractivity contribution in [2.24, 2.45) is 5.73 Å². The fourth-order valence-corrected chi connectivity index (χ4v) is 3.17. The highest BCUT2D eigenvalue weighted by Crippen LogP contribution is 2.30. The third-order valence-corrected chi connectivity index (χ3v) is 4.67. The monoisotopic (exact) mass is 344 g/mol. The van der Waals surface area contributed by atoms with Crippen LogP contribution in [0.3, 0.4) is 0 Å².